The minimum atomic E-state index is -4.01. The largest absolute Gasteiger partial charge is 0.493 e. The fraction of sp³-hybridized carbons (Fsp3) is 0.148. The number of carbonyl (C=O) groups excluding carboxylic acids is 2. The first-order valence-electron chi connectivity index (χ1n) is 11.3. The highest BCUT2D eigenvalue weighted by Gasteiger charge is 2.19. The molecule has 1 N–H and O–H groups in total. The maximum Gasteiger partial charge on any atom is 0.261 e. The number of anilines is 1. The van der Waals surface area contributed by atoms with Crippen LogP contribution in [0.1, 0.15) is 27.9 Å². The molecule has 0 fully saturated rings. The maximum absolute atomic E-state index is 14.5. The summed E-state index contributed by atoms with van der Waals surface area (Å²) in [6, 6.07) is 14.1. The number of hydrogen-bond donors (Lipinski definition) is 1. The first-order valence-corrected chi connectivity index (χ1v) is 13.7. The second-order valence-electron chi connectivity index (χ2n) is 8.20. The van der Waals surface area contributed by atoms with Crippen LogP contribution in [0.5, 0.6) is 17.2 Å². The van der Waals surface area contributed by atoms with Crippen LogP contribution in [-0.2, 0) is 27.7 Å². The summed E-state index contributed by atoms with van der Waals surface area (Å²) in [5.74, 6) is -0.884. The van der Waals surface area contributed by atoms with Crippen molar-refractivity contribution in [2.75, 3.05) is 11.8 Å². The molecule has 0 unspecified atom stereocenters. The second-order valence-corrected chi connectivity index (χ2v) is 10.9. The van der Waals surface area contributed by atoms with Crippen LogP contribution in [0.2, 0.25) is 0 Å². The number of thiazole rings is 1. The molecule has 38 heavy (non-hydrogen) atoms. The van der Waals surface area contributed by atoms with E-state index in [0.717, 1.165) is 0 Å². The fourth-order valence-electron chi connectivity index (χ4n) is 3.61. The molecule has 1 aromatic heterocycles. The van der Waals surface area contributed by atoms with E-state index >= 15 is 0 Å². The van der Waals surface area contributed by atoms with E-state index in [2.05, 4.69) is 9.71 Å². The molecule has 8 nitrogen and oxygen atoms in total. The molecular weight excluding hydrogens is 531 g/mol. The first-order chi connectivity index (χ1) is 18.2. The van der Waals surface area contributed by atoms with Gasteiger partial charge in [-0.25, -0.2) is 17.8 Å². The summed E-state index contributed by atoms with van der Waals surface area (Å²) >= 11 is 1.34. The molecule has 0 spiro atoms. The third kappa shape index (κ3) is 6.42. The van der Waals surface area contributed by atoms with E-state index in [1.807, 2.05) is 0 Å². The van der Waals surface area contributed by atoms with Crippen molar-refractivity contribution in [3.05, 3.63) is 94.2 Å². The normalized spacial score (nSPS) is 11.1. The predicted octanol–water partition coefficient (Wildman–Crippen LogP) is 5.44. The summed E-state index contributed by atoms with van der Waals surface area (Å²) in [6.45, 7) is 1.39. The van der Waals surface area contributed by atoms with E-state index in [1.54, 1.807) is 11.6 Å². The van der Waals surface area contributed by atoms with Gasteiger partial charge in [0.05, 0.1) is 23.4 Å². The molecule has 0 radical (unpaired) electrons. The fourth-order valence-corrected chi connectivity index (χ4v) is 5.30. The molecule has 0 saturated heterocycles. The number of rotatable bonds is 11. The Balaban J connectivity index is 1.65. The van der Waals surface area contributed by atoms with E-state index in [9.17, 15) is 22.4 Å². The molecule has 0 bridgehead atoms. The molecule has 0 atom stereocenters. The zero-order valence-corrected chi connectivity index (χ0v) is 22.1. The molecule has 11 heteroatoms. The van der Waals surface area contributed by atoms with Gasteiger partial charge in [-0.05, 0) is 49.4 Å². The molecule has 4 aromatic rings. The van der Waals surface area contributed by atoms with Gasteiger partial charge in [-0.15, -0.1) is 11.3 Å². The van der Waals surface area contributed by atoms with Crippen molar-refractivity contribution >= 4 is 38.6 Å². The van der Waals surface area contributed by atoms with Crippen LogP contribution >= 0.6 is 11.3 Å². The van der Waals surface area contributed by atoms with E-state index in [0.29, 0.717) is 16.1 Å². The van der Waals surface area contributed by atoms with Crippen molar-refractivity contribution in [2.45, 2.75) is 24.7 Å². The topological polar surface area (TPSA) is 112 Å². The number of halogens is 1. The average molecular weight is 555 g/mol. The van der Waals surface area contributed by atoms with Crippen LogP contribution in [0, 0.1) is 5.82 Å². The van der Waals surface area contributed by atoms with Gasteiger partial charge in [-0.1, -0.05) is 18.2 Å². The number of aromatic nitrogens is 1. The lowest BCUT2D eigenvalue weighted by Crippen LogP contribution is -2.14. The molecular formula is C27H23FN2O6S2. The molecule has 0 amide bonds. The number of Topliss-reactive ketones (excluding diaryl/α,β-unsaturated/α-hetero) is 2. The van der Waals surface area contributed by atoms with Crippen molar-refractivity contribution in [2.24, 2.45) is 0 Å². The number of nitrogens with one attached hydrogen (secondary N) is 1. The van der Waals surface area contributed by atoms with Crippen molar-refractivity contribution in [1.82, 2.24) is 4.98 Å². The van der Waals surface area contributed by atoms with Crippen molar-refractivity contribution in [1.29, 1.82) is 0 Å². The summed E-state index contributed by atoms with van der Waals surface area (Å²) in [7, 11) is -2.63. The quantitative estimate of drug-likeness (QED) is 0.246. The van der Waals surface area contributed by atoms with Gasteiger partial charge in [0, 0.05) is 34.8 Å². The highest BCUT2D eigenvalue weighted by molar-refractivity contribution is 7.92. The molecule has 4 rings (SSSR count). The van der Waals surface area contributed by atoms with Gasteiger partial charge in [-0.2, -0.15) is 0 Å². The summed E-state index contributed by atoms with van der Waals surface area (Å²) in [5.41, 5.74) is 0.893. The highest BCUT2D eigenvalue weighted by atomic mass is 32.2. The number of sulfonamides is 1. The van der Waals surface area contributed by atoms with Crippen LogP contribution in [0.4, 0.5) is 10.1 Å². The van der Waals surface area contributed by atoms with Crippen LogP contribution in [0.3, 0.4) is 0 Å². The Hall–Kier alpha value is -4.09. The minimum absolute atomic E-state index is 0.0414. The molecule has 0 aliphatic carbocycles. The van der Waals surface area contributed by atoms with E-state index in [4.69, 9.17) is 9.47 Å². The minimum Gasteiger partial charge on any atom is -0.493 e. The van der Waals surface area contributed by atoms with Crippen LogP contribution in [0.25, 0.3) is 0 Å². The summed E-state index contributed by atoms with van der Waals surface area (Å²) in [6.07, 6.45) is 1.57. The lowest BCUT2D eigenvalue weighted by molar-refractivity contribution is -0.117. The molecule has 3 aromatic carbocycles. The number of carbonyl (C=O) groups is 2. The highest BCUT2D eigenvalue weighted by Crippen LogP contribution is 2.36. The van der Waals surface area contributed by atoms with Crippen LogP contribution < -0.4 is 14.2 Å². The standard InChI is InChI=1S/C27H23FN2O6S2/c1-17(31)18-6-9-22(10-7-18)38(33,34)30-20-8-11-24(36-27-23(28)4-3-5-25(27)35-2)19(14-20)15-21(32)16-26-29-12-13-37-26/h3-14,30H,15-16H2,1-2H3. The van der Waals surface area contributed by atoms with Gasteiger partial charge < -0.3 is 9.47 Å². The van der Waals surface area contributed by atoms with Crippen LogP contribution in [0.15, 0.2) is 77.1 Å². The van der Waals surface area contributed by atoms with E-state index < -0.39 is 15.8 Å². The number of hydrogen-bond acceptors (Lipinski definition) is 8. The van der Waals surface area contributed by atoms with Gasteiger partial charge in [0.2, 0.25) is 5.75 Å². The number of nitrogens with zero attached hydrogens (tertiary/aromatic N) is 1. The van der Waals surface area contributed by atoms with Gasteiger partial charge in [0.15, 0.2) is 17.3 Å². The average Bonchev–Trinajstić information content (AvgIpc) is 3.39. The smallest absolute Gasteiger partial charge is 0.261 e. The molecule has 0 saturated carbocycles. The molecule has 0 aliphatic heterocycles. The molecule has 1 heterocycles. The SMILES string of the molecule is COc1cccc(F)c1Oc1ccc(NS(=O)(=O)c2ccc(C(C)=O)cc2)cc1CC(=O)Cc1nccs1. The number of benzene rings is 3. The van der Waals surface area contributed by atoms with Crippen molar-refractivity contribution in [3.8, 4) is 17.2 Å². The van der Waals surface area contributed by atoms with E-state index in [-0.39, 0.29) is 52.2 Å². The van der Waals surface area contributed by atoms with Gasteiger partial charge >= 0.3 is 0 Å². The van der Waals surface area contributed by atoms with Gasteiger partial charge in [0.25, 0.3) is 10.0 Å². The Morgan fingerprint density at radius 2 is 1.79 bits per heavy atom. The summed E-state index contributed by atoms with van der Waals surface area (Å²) in [5, 5.41) is 2.40. The Labute approximate surface area is 223 Å². The van der Waals surface area contributed by atoms with Crippen molar-refractivity contribution < 1.29 is 31.9 Å². The number of methoxy groups -OCH3 is 1. The molecule has 0 aliphatic rings. The molecule has 196 valence electrons. The number of ketones is 2. The Morgan fingerprint density at radius 1 is 1.03 bits per heavy atom. The van der Waals surface area contributed by atoms with Gasteiger partial charge in [0.1, 0.15) is 11.5 Å². The van der Waals surface area contributed by atoms with Crippen molar-refractivity contribution in [3.63, 3.8) is 0 Å². The maximum atomic E-state index is 14.5. The second kappa shape index (κ2) is 11.5. The van der Waals surface area contributed by atoms with Gasteiger partial charge in [-0.3, -0.25) is 14.3 Å². The third-order valence-electron chi connectivity index (χ3n) is 5.47. The zero-order chi connectivity index (χ0) is 27.3. The lowest BCUT2D eigenvalue weighted by Gasteiger charge is -2.16. The third-order valence-corrected chi connectivity index (χ3v) is 7.64. The first kappa shape index (κ1) is 27.0. The number of ether oxygens (including phenoxy) is 2. The monoisotopic (exact) mass is 554 g/mol. The Kier molecular flexibility index (Phi) is 8.18. The Bertz CT molecular complexity index is 1570. The lowest BCUT2D eigenvalue weighted by atomic mass is 10.1. The summed E-state index contributed by atoms with van der Waals surface area (Å²) < 4.78 is 54.0. The van der Waals surface area contributed by atoms with Crippen LogP contribution in [-0.4, -0.2) is 32.1 Å². The Morgan fingerprint density at radius 3 is 2.45 bits per heavy atom. The predicted molar refractivity (Wildman–Crippen MR) is 141 cm³/mol. The zero-order valence-electron chi connectivity index (χ0n) is 20.4. The summed E-state index contributed by atoms with van der Waals surface area (Å²) in [4.78, 5) is 28.4. The van der Waals surface area contributed by atoms with E-state index in [1.165, 1.54) is 86.0 Å². The number of para-hydroxylation sites is 1.